The minimum Gasteiger partial charge on any atom is -0.493 e. The zero-order chi connectivity index (χ0) is 22.3. The van der Waals surface area contributed by atoms with Crippen LogP contribution in [-0.4, -0.2) is 40.7 Å². The van der Waals surface area contributed by atoms with Crippen LogP contribution < -0.4 is 9.64 Å². The van der Waals surface area contributed by atoms with E-state index in [1.165, 1.54) is 12.0 Å². The number of hydrogen-bond donors (Lipinski definition) is 0. The molecule has 2 heterocycles. The van der Waals surface area contributed by atoms with Crippen LogP contribution in [0.3, 0.4) is 0 Å². The largest absolute Gasteiger partial charge is 0.493 e. The van der Waals surface area contributed by atoms with Crippen LogP contribution >= 0.6 is 18.6 Å². The van der Waals surface area contributed by atoms with E-state index in [1.54, 1.807) is 28.9 Å². The van der Waals surface area contributed by atoms with Crippen molar-refractivity contribution < 1.29 is 23.0 Å². The van der Waals surface area contributed by atoms with Gasteiger partial charge in [-0.3, -0.25) is 9.69 Å². The SMILES string of the molecule is CO[C@H]1C(=O)N(c2ccc3c(c2)ncn3P)[C@H]1c1c(F)cc(OCCC(C)P)cc1F. The predicted octanol–water partition coefficient (Wildman–Crippen LogP) is 4.09. The molecule has 3 unspecified atom stereocenters. The number of amides is 1. The first-order valence-corrected chi connectivity index (χ1v) is 11.0. The Morgan fingerprint density at radius 1 is 1.23 bits per heavy atom. The van der Waals surface area contributed by atoms with E-state index >= 15 is 8.78 Å². The Morgan fingerprint density at radius 2 is 1.94 bits per heavy atom. The second-order valence-electron chi connectivity index (χ2n) is 7.55. The number of methoxy groups -OCH3 is 1. The van der Waals surface area contributed by atoms with E-state index in [0.717, 1.165) is 24.1 Å². The molecule has 6 nitrogen and oxygen atoms in total. The lowest BCUT2D eigenvalue weighted by Crippen LogP contribution is -2.60. The van der Waals surface area contributed by atoms with Crippen LogP contribution in [0.15, 0.2) is 36.7 Å². The van der Waals surface area contributed by atoms with Gasteiger partial charge in [0.25, 0.3) is 5.91 Å². The number of β-lactam (4-membered cyclic amide) rings is 1. The van der Waals surface area contributed by atoms with Gasteiger partial charge < -0.3 is 13.8 Å². The number of ether oxygens (including phenoxy) is 2. The molecule has 31 heavy (non-hydrogen) atoms. The molecule has 3 aromatic rings. The highest BCUT2D eigenvalue weighted by Gasteiger charge is 2.51. The third-order valence-corrected chi connectivity index (χ3v) is 6.07. The summed E-state index contributed by atoms with van der Waals surface area (Å²) in [5, 5.41) is 0. The molecule has 0 radical (unpaired) electrons. The van der Waals surface area contributed by atoms with Gasteiger partial charge in [-0.1, -0.05) is 6.92 Å². The minimum absolute atomic E-state index is 0.114. The number of rotatable bonds is 7. The van der Waals surface area contributed by atoms with E-state index < -0.39 is 23.8 Å². The summed E-state index contributed by atoms with van der Waals surface area (Å²) in [5.41, 5.74) is 2.11. The summed E-state index contributed by atoms with van der Waals surface area (Å²) in [7, 11) is 6.51. The van der Waals surface area contributed by atoms with Gasteiger partial charge in [-0.05, 0) is 39.7 Å². The number of hydrogen-bond acceptors (Lipinski definition) is 4. The monoisotopic (exact) mass is 465 g/mol. The smallest absolute Gasteiger partial charge is 0.259 e. The molecule has 1 saturated heterocycles. The van der Waals surface area contributed by atoms with Gasteiger partial charge in [0.15, 0.2) is 6.10 Å². The molecule has 1 aliphatic heterocycles. The average Bonchev–Trinajstić information content (AvgIpc) is 3.07. The molecule has 4 rings (SSSR count). The molecule has 0 saturated carbocycles. The second kappa shape index (κ2) is 8.78. The third kappa shape index (κ3) is 4.05. The summed E-state index contributed by atoms with van der Waals surface area (Å²) in [6.07, 6.45) is 1.38. The molecule has 1 amide bonds. The van der Waals surface area contributed by atoms with Gasteiger partial charge in [0.1, 0.15) is 23.4 Å². The number of imidazole rings is 1. The molecular weight excluding hydrogens is 442 g/mol. The summed E-state index contributed by atoms with van der Waals surface area (Å²) >= 11 is 0. The van der Waals surface area contributed by atoms with Crippen molar-refractivity contribution in [3.05, 3.63) is 53.9 Å². The average molecular weight is 465 g/mol. The lowest BCUT2D eigenvalue weighted by atomic mass is 9.88. The van der Waals surface area contributed by atoms with Crippen LogP contribution in [0.2, 0.25) is 0 Å². The maximum atomic E-state index is 15.0. The fourth-order valence-corrected chi connectivity index (χ4v) is 4.14. The Morgan fingerprint density at radius 3 is 2.58 bits per heavy atom. The van der Waals surface area contributed by atoms with Gasteiger partial charge in [-0.25, -0.2) is 13.8 Å². The molecule has 164 valence electrons. The quantitative estimate of drug-likeness (QED) is 0.390. The molecular formula is C21H23F2N3O3P2. The van der Waals surface area contributed by atoms with Crippen LogP contribution in [0.25, 0.3) is 11.0 Å². The van der Waals surface area contributed by atoms with E-state index in [2.05, 4.69) is 23.6 Å². The van der Waals surface area contributed by atoms with Crippen LogP contribution in [0.4, 0.5) is 14.5 Å². The number of carbonyl (C=O) groups excluding carboxylic acids is 1. The Kier molecular flexibility index (Phi) is 6.25. The van der Waals surface area contributed by atoms with Crippen molar-refractivity contribution >= 4 is 41.3 Å². The Bertz CT molecular complexity index is 1120. The zero-order valence-electron chi connectivity index (χ0n) is 17.1. The molecule has 1 aromatic heterocycles. The number of fused-ring (bicyclic) bond motifs is 1. The molecule has 0 N–H and O–H groups in total. The molecule has 0 bridgehead atoms. The van der Waals surface area contributed by atoms with Crippen molar-refractivity contribution in [2.75, 3.05) is 18.6 Å². The highest BCUT2D eigenvalue weighted by Crippen LogP contribution is 2.43. The first kappa shape index (κ1) is 22.1. The third-order valence-electron chi connectivity index (χ3n) is 5.33. The standard InChI is InChI=1S/C21H23F2N3O3P2/c1-11(30)5-6-29-13-8-14(22)18(15(23)9-13)19-20(28-2)21(27)26(19)12-3-4-17-16(7-12)24-10-25(17)31/h3-4,7-11,19-20H,5-6,30-31H2,1-2H3/t11?,19-,20+/m0/s1. The molecule has 1 fully saturated rings. The van der Waals surface area contributed by atoms with Gasteiger partial charge >= 0.3 is 0 Å². The van der Waals surface area contributed by atoms with E-state index in [1.807, 2.05) is 6.92 Å². The van der Waals surface area contributed by atoms with Gasteiger partial charge in [0, 0.05) is 30.5 Å². The highest BCUT2D eigenvalue weighted by atomic mass is 31.0. The summed E-state index contributed by atoms with van der Waals surface area (Å²) in [4.78, 5) is 18.3. The Labute approximate surface area is 183 Å². The molecule has 0 spiro atoms. The van der Waals surface area contributed by atoms with Crippen molar-refractivity contribution in [3.8, 4) is 5.75 Å². The summed E-state index contributed by atoms with van der Waals surface area (Å²) < 4.78 is 42.5. The van der Waals surface area contributed by atoms with Gasteiger partial charge in [0.2, 0.25) is 0 Å². The Balaban J connectivity index is 1.67. The number of anilines is 1. The van der Waals surface area contributed by atoms with Gasteiger partial charge in [-0.15, -0.1) is 9.24 Å². The predicted molar refractivity (Wildman–Crippen MR) is 122 cm³/mol. The summed E-state index contributed by atoms with van der Waals surface area (Å²) in [6, 6.07) is 6.60. The molecule has 5 atom stereocenters. The maximum absolute atomic E-state index is 15.0. The normalized spacial score (nSPS) is 19.5. The number of aromatic nitrogens is 2. The van der Waals surface area contributed by atoms with Crippen molar-refractivity contribution in [1.29, 1.82) is 0 Å². The van der Waals surface area contributed by atoms with Crippen LogP contribution in [0.1, 0.15) is 24.9 Å². The van der Waals surface area contributed by atoms with E-state index in [-0.39, 0.29) is 17.2 Å². The van der Waals surface area contributed by atoms with Crippen LogP contribution in [0.5, 0.6) is 5.75 Å². The Hall–Kier alpha value is -2.14. The van der Waals surface area contributed by atoms with E-state index in [0.29, 0.717) is 23.5 Å². The van der Waals surface area contributed by atoms with E-state index in [9.17, 15) is 4.79 Å². The van der Waals surface area contributed by atoms with Crippen molar-refractivity contribution in [1.82, 2.24) is 9.32 Å². The van der Waals surface area contributed by atoms with E-state index in [4.69, 9.17) is 9.47 Å². The molecule has 1 aliphatic rings. The lowest BCUT2D eigenvalue weighted by molar-refractivity contribution is -0.139. The number of halogens is 2. The van der Waals surface area contributed by atoms with Crippen molar-refractivity contribution in [3.63, 3.8) is 0 Å². The van der Waals surface area contributed by atoms with Crippen molar-refractivity contribution in [2.24, 2.45) is 0 Å². The second-order valence-corrected chi connectivity index (χ2v) is 9.24. The van der Waals surface area contributed by atoms with Gasteiger partial charge in [0.05, 0.1) is 24.0 Å². The van der Waals surface area contributed by atoms with Crippen LogP contribution in [-0.2, 0) is 9.53 Å². The first-order chi connectivity index (χ1) is 14.8. The molecule has 0 aliphatic carbocycles. The topological polar surface area (TPSA) is 56.6 Å². The fraction of sp³-hybridized carbons (Fsp3) is 0.333. The van der Waals surface area contributed by atoms with Crippen LogP contribution in [0, 0.1) is 11.6 Å². The minimum atomic E-state index is -0.983. The first-order valence-electron chi connectivity index (χ1n) is 9.77. The summed E-state index contributed by atoms with van der Waals surface area (Å²) in [6.45, 7) is 2.35. The number of carbonyl (C=O) groups is 1. The zero-order valence-corrected chi connectivity index (χ0v) is 19.4. The lowest BCUT2D eigenvalue weighted by Gasteiger charge is -2.46. The van der Waals surface area contributed by atoms with Crippen molar-refractivity contribution in [2.45, 2.75) is 31.1 Å². The summed E-state index contributed by atoms with van der Waals surface area (Å²) in [5.74, 6) is -1.82. The number of nitrogens with zero attached hydrogens (tertiary/aromatic N) is 3. The number of benzene rings is 2. The highest BCUT2D eigenvalue weighted by molar-refractivity contribution is 7.17. The molecule has 10 heteroatoms. The maximum Gasteiger partial charge on any atom is 0.259 e. The fourth-order valence-electron chi connectivity index (χ4n) is 3.72. The van der Waals surface area contributed by atoms with Gasteiger partial charge in [-0.2, -0.15) is 0 Å². The molecule has 2 aromatic carbocycles.